The lowest BCUT2D eigenvalue weighted by Gasteiger charge is -2.41. The first-order valence-corrected chi connectivity index (χ1v) is 6.56. The van der Waals surface area contributed by atoms with E-state index in [0.29, 0.717) is 0 Å². The molecule has 0 bridgehead atoms. The number of nitrogens with zero attached hydrogens (tertiary/aromatic N) is 1. The van der Waals surface area contributed by atoms with Gasteiger partial charge in [0.1, 0.15) is 0 Å². The van der Waals surface area contributed by atoms with Crippen molar-refractivity contribution in [2.24, 2.45) is 5.73 Å². The van der Waals surface area contributed by atoms with Crippen LogP contribution in [0.15, 0.2) is 16.8 Å². The van der Waals surface area contributed by atoms with Crippen molar-refractivity contribution in [3.63, 3.8) is 0 Å². The molecule has 1 saturated carbocycles. The minimum Gasteiger partial charge on any atom is -0.322 e. The summed E-state index contributed by atoms with van der Waals surface area (Å²) in [5, 5.41) is 4.31. The van der Waals surface area contributed by atoms with Gasteiger partial charge in [0.05, 0.1) is 0 Å². The lowest BCUT2D eigenvalue weighted by Crippen LogP contribution is -2.50. The first kappa shape index (κ1) is 11.1. The number of likely N-dealkylation sites (N-methyl/N-ethyl adjacent to an activating group) is 1. The molecule has 3 heteroatoms. The predicted octanol–water partition coefficient (Wildman–Crippen LogP) is 2.62. The fraction of sp³-hybridized carbons (Fsp3) is 0.667. The maximum absolute atomic E-state index is 6.45. The van der Waals surface area contributed by atoms with E-state index in [1.54, 1.807) is 11.3 Å². The van der Waals surface area contributed by atoms with E-state index < -0.39 is 0 Å². The van der Waals surface area contributed by atoms with Gasteiger partial charge in [0.25, 0.3) is 0 Å². The highest BCUT2D eigenvalue weighted by Gasteiger charge is 2.42. The van der Waals surface area contributed by atoms with E-state index in [4.69, 9.17) is 5.73 Å². The Morgan fingerprint density at radius 2 is 2.07 bits per heavy atom. The number of nitrogens with two attached hydrogens (primary N) is 1. The van der Waals surface area contributed by atoms with Crippen LogP contribution < -0.4 is 5.73 Å². The molecule has 1 aromatic rings. The third-order valence-corrected chi connectivity index (χ3v) is 4.54. The third-order valence-electron chi connectivity index (χ3n) is 3.84. The van der Waals surface area contributed by atoms with Crippen molar-refractivity contribution >= 4 is 11.3 Å². The predicted molar refractivity (Wildman–Crippen MR) is 66.1 cm³/mol. The maximum Gasteiger partial charge on any atom is 0.0490 e. The Hall–Kier alpha value is -0.380. The molecule has 84 valence electrons. The summed E-state index contributed by atoms with van der Waals surface area (Å²) in [7, 11) is 4.33. The fourth-order valence-electron chi connectivity index (χ4n) is 2.79. The molecule has 0 spiro atoms. The van der Waals surface area contributed by atoms with Crippen molar-refractivity contribution in [3.05, 3.63) is 22.4 Å². The van der Waals surface area contributed by atoms with E-state index in [1.165, 1.54) is 31.2 Å². The van der Waals surface area contributed by atoms with Crippen molar-refractivity contribution in [1.82, 2.24) is 4.90 Å². The van der Waals surface area contributed by atoms with Crippen molar-refractivity contribution in [1.29, 1.82) is 0 Å². The summed E-state index contributed by atoms with van der Waals surface area (Å²) in [5.41, 5.74) is 7.94. The number of hydrogen-bond donors (Lipinski definition) is 1. The summed E-state index contributed by atoms with van der Waals surface area (Å²) in [6, 6.07) is 2.33. The highest BCUT2D eigenvalue weighted by molar-refractivity contribution is 7.07. The summed E-state index contributed by atoms with van der Waals surface area (Å²) in [5.74, 6) is 0. The van der Waals surface area contributed by atoms with E-state index in [1.807, 2.05) is 0 Å². The van der Waals surface area contributed by atoms with Gasteiger partial charge in [-0.3, -0.25) is 0 Å². The molecule has 0 amide bonds. The van der Waals surface area contributed by atoms with Crippen LogP contribution in [0.25, 0.3) is 0 Å². The molecule has 0 saturated heterocycles. The number of thiophene rings is 1. The van der Waals surface area contributed by atoms with Crippen LogP contribution >= 0.6 is 11.3 Å². The molecule has 0 radical (unpaired) electrons. The van der Waals surface area contributed by atoms with E-state index in [0.717, 1.165) is 0 Å². The maximum atomic E-state index is 6.45. The van der Waals surface area contributed by atoms with Crippen LogP contribution in [0, 0.1) is 0 Å². The van der Waals surface area contributed by atoms with E-state index in [-0.39, 0.29) is 11.6 Å². The molecule has 2 N–H and O–H groups in total. The standard InChI is InChI=1S/C12H20N2S/c1-14(2)12(6-3-4-7-12)11(13)10-5-8-15-9-10/h5,8-9,11H,3-4,6-7,13H2,1-2H3. The molecule has 1 aromatic heterocycles. The SMILES string of the molecule is CN(C)C1(C(N)c2ccsc2)CCCC1. The average Bonchev–Trinajstić information content (AvgIpc) is 2.89. The summed E-state index contributed by atoms with van der Waals surface area (Å²) in [6.45, 7) is 0. The normalized spacial score (nSPS) is 22.1. The lowest BCUT2D eigenvalue weighted by atomic mass is 9.84. The molecular weight excluding hydrogens is 204 g/mol. The van der Waals surface area contributed by atoms with Gasteiger partial charge < -0.3 is 10.6 Å². The second-order valence-electron chi connectivity index (χ2n) is 4.74. The Morgan fingerprint density at radius 3 is 2.53 bits per heavy atom. The lowest BCUT2D eigenvalue weighted by molar-refractivity contribution is 0.123. The van der Waals surface area contributed by atoms with Gasteiger partial charge in [0.15, 0.2) is 0 Å². The average molecular weight is 224 g/mol. The smallest absolute Gasteiger partial charge is 0.0490 e. The van der Waals surface area contributed by atoms with E-state index >= 15 is 0 Å². The summed E-state index contributed by atoms with van der Waals surface area (Å²) in [6.07, 6.45) is 5.10. The van der Waals surface area contributed by atoms with E-state index in [9.17, 15) is 0 Å². The van der Waals surface area contributed by atoms with Crippen molar-refractivity contribution < 1.29 is 0 Å². The minimum absolute atomic E-state index is 0.168. The van der Waals surface area contributed by atoms with Crippen LogP contribution in [0.5, 0.6) is 0 Å². The molecular formula is C12H20N2S. The molecule has 0 aromatic carbocycles. The van der Waals surface area contributed by atoms with Gasteiger partial charge >= 0.3 is 0 Å². The summed E-state index contributed by atoms with van der Waals surface area (Å²) < 4.78 is 0. The first-order chi connectivity index (χ1) is 7.17. The van der Waals surface area contributed by atoms with Crippen LogP contribution in [0.2, 0.25) is 0 Å². The molecule has 15 heavy (non-hydrogen) atoms. The zero-order valence-electron chi connectivity index (χ0n) is 9.57. The Kier molecular flexibility index (Phi) is 3.14. The van der Waals surface area contributed by atoms with Crippen LogP contribution in [-0.4, -0.2) is 24.5 Å². The molecule has 1 heterocycles. The van der Waals surface area contributed by atoms with Gasteiger partial charge in [-0.1, -0.05) is 12.8 Å². The summed E-state index contributed by atoms with van der Waals surface area (Å²) in [4.78, 5) is 2.34. The quantitative estimate of drug-likeness (QED) is 0.855. The molecule has 1 unspecified atom stereocenters. The Balaban J connectivity index is 2.25. The zero-order chi connectivity index (χ0) is 10.9. The second kappa shape index (κ2) is 4.24. The van der Waals surface area contributed by atoms with Crippen molar-refractivity contribution in [2.45, 2.75) is 37.3 Å². The third kappa shape index (κ3) is 1.84. The second-order valence-corrected chi connectivity index (χ2v) is 5.52. The van der Waals surface area contributed by atoms with Gasteiger partial charge in [0.2, 0.25) is 0 Å². The van der Waals surface area contributed by atoms with Gasteiger partial charge in [-0.15, -0.1) is 0 Å². The molecule has 1 atom stereocenters. The zero-order valence-corrected chi connectivity index (χ0v) is 10.4. The van der Waals surface area contributed by atoms with E-state index in [2.05, 4.69) is 35.8 Å². The van der Waals surface area contributed by atoms with Crippen LogP contribution in [-0.2, 0) is 0 Å². The Bertz CT molecular complexity index is 299. The van der Waals surface area contributed by atoms with Gasteiger partial charge in [-0.2, -0.15) is 11.3 Å². The molecule has 1 aliphatic carbocycles. The molecule has 2 rings (SSSR count). The molecule has 2 nitrogen and oxygen atoms in total. The number of hydrogen-bond acceptors (Lipinski definition) is 3. The van der Waals surface area contributed by atoms with Crippen LogP contribution in [0.1, 0.15) is 37.3 Å². The Labute approximate surface area is 96.1 Å². The van der Waals surface area contributed by atoms with Crippen molar-refractivity contribution in [2.75, 3.05) is 14.1 Å². The molecule has 1 fully saturated rings. The van der Waals surface area contributed by atoms with Gasteiger partial charge in [0, 0.05) is 11.6 Å². The van der Waals surface area contributed by atoms with Gasteiger partial charge in [-0.05, 0) is 49.3 Å². The first-order valence-electron chi connectivity index (χ1n) is 5.62. The van der Waals surface area contributed by atoms with Crippen molar-refractivity contribution in [3.8, 4) is 0 Å². The molecule has 0 aliphatic heterocycles. The number of rotatable bonds is 3. The van der Waals surface area contributed by atoms with Crippen LogP contribution in [0.3, 0.4) is 0 Å². The largest absolute Gasteiger partial charge is 0.322 e. The van der Waals surface area contributed by atoms with Gasteiger partial charge in [-0.25, -0.2) is 0 Å². The minimum atomic E-state index is 0.168. The highest BCUT2D eigenvalue weighted by atomic mass is 32.1. The topological polar surface area (TPSA) is 29.3 Å². The molecule has 1 aliphatic rings. The monoisotopic (exact) mass is 224 g/mol. The highest BCUT2D eigenvalue weighted by Crippen LogP contribution is 2.42. The Morgan fingerprint density at radius 1 is 1.40 bits per heavy atom. The van der Waals surface area contributed by atoms with Crippen LogP contribution in [0.4, 0.5) is 0 Å². The summed E-state index contributed by atoms with van der Waals surface area (Å²) >= 11 is 1.74. The fourth-order valence-corrected chi connectivity index (χ4v) is 3.48.